The first-order valence-electron chi connectivity index (χ1n) is 5.12. The van der Waals surface area contributed by atoms with E-state index in [9.17, 15) is 4.79 Å². The summed E-state index contributed by atoms with van der Waals surface area (Å²) in [5, 5.41) is 11.9. The average Bonchev–Trinajstić information content (AvgIpc) is 2.19. The maximum atomic E-state index is 11.4. The van der Waals surface area contributed by atoms with Gasteiger partial charge in [-0.1, -0.05) is 26.0 Å². The van der Waals surface area contributed by atoms with Crippen LogP contribution in [0.15, 0.2) is 24.3 Å². The number of nitrogens with one attached hydrogen (secondary N) is 1. The van der Waals surface area contributed by atoms with Crippen molar-refractivity contribution in [3.05, 3.63) is 29.8 Å². The Kier molecular flexibility index (Phi) is 4.16. The molecule has 0 atom stereocenters. The topological polar surface area (TPSA) is 49.3 Å². The van der Waals surface area contributed by atoms with E-state index in [0.717, 1.165) is 5.56 Å². The number of hydrogen-bond acceptors (Lipinski definition) is 2. The Morgan fingerprint density at radius 2 is 1.93 bits per heavy atom. The van der Waals surface area contributed by atoms with Gasteiger partial charge in [-0.3, -0.25) is 4.79 Å². The summed E-state index contributed by atoms with van der Waals surface area (Å²) in [5.74, 6) is 0.712. The molecule has 0 aliphatic carbocycles. The number of benzene rings is 1. The molecule has 15 heavy (non-hydrogen) atoms. The van der Waals surface area contributed by atoms with Gasteiger partial charge in [-0.05, 0) is 23.6 Å². The number of phenols is 1. The molecule has 2 N–H and O–H groups in total. The molecule has 1 aromatic rings. The summed E-state index contributed by atoms with van der Waals surface area (Å²) in [7, 11) is 0. The Balaban J connectivity index is 2.41. The van der Waals surface area contributed by atoms with Crippen molar-refractivity contribution in [1.82, 2.24) is 5.32 Å². The Morgan fingerprint density at radius 1 is 1.33 bits per heavy atom. The van der Waals surface area contributed by atoms with E-state index in [1.807, 2.05) is 0 Å². The Bertz CT molecular complexity index is 317. The number of phenolic OH excluding ortho intramolecular Hbond substituents is 1. The summed E-state index contributed by atoms with van der Waals surface area (Å²) in [5.41, 5.74) is 0.911. The van der Waals surface area contributed by atoms with Gasteiger partial charge < -0.3 is 10.4 Å². The lowest BCUT2D eigenvalue weighted by atomic mass is 10.1. The highest BCUT2D eigenvalue weighted by Crippen LogP contribution is 2.09. The highest BCUT2D eigenvalue weighted by Gasteiger charge is 2.03. The van der Waals surface area contributed by atoms with Gasteiger partial charge in [0.1, 0.15) is 5.75 Å². The van der Waals surface area contributed by atoms with Gasteiger partial charge in [0.2, 0.25) is 5.91 Å². The van der Waals surface area contributed by atoms with Crippen molar-refractivity contribution in [3.8, 4) is 5.75 Å². The molecule has 0 aliphatic heterocycles. The summed E-state index contributed by atoms with van der Waals surface area (Å²) in [6.45, 7) is 4.82. The summed E-state index contributed by atoms with van der Waals surface area (Å²) >= 11 is 0. The zero-order chi connectivity index (χ0) is 11.3. The van der Waals surface area contributed by atoms with E-state index < -0.39 is 0 Å². The molecule has 0 saturated carbocycles. The lowest BCUT2D eigenvalue weighted by molar-refractivity contribution is -0.120. The predicted molar refractivity (Wildman–Crippen MR) is 59.7 cm³/mol. The number of hydrogen-bond donors (Lipinski definition) is 2. The summed E-state index contributed by atoms with van der Waals surface area (Å²) < 4.78 is 0. The van der Waals surface area contributed by atoms with Crippen molar-refractivity contribution < 1.29 is 9.90 Å². The molecular formula is C12H17NO2. The summed E-state index contributed by atoms with van der Waals surface area (Å²) in [4.78, 5) is 11.4. The molecule has 0 aromatic heterocycles. The van der Waals surface area contributed by atoms with Gasteiger partial charge in [0.05, 0.1) is 6.42 Å². The highest BCUT2D eigenvalue weighted by molar-refractivity contribution is 5.78. The minimum Gasteiger partial charge on any atom is -0.508 e. The van der Waals surface area contributed by atoms with Crippen LogP contribution >= 0.6 is 0 Å². The van der Waals surface area contributed by atoms with E-state index in [-0.39, 0.29) is 11.7 Å². The number of carbonyl (C=O) groups is 1. The van der Waals surface area contributed by atoms with Crippen LogP contribution in [-0.4, -0.2) is 17.6 Å². The van der Waals surface area contributed by atoms with Crippen LogP contribution in [-0.2, 0) is 11.2 Å². The monoisotopic (exact) mass is 207 g/mol. The zero-order valence-corrected chi connectivity index (χ0v) is 9.16. The zero-order valence-electron chi connectivity index (χ0n) is 9.16. The molecular weight excluding hydrogens is 190 g/mol. The second kappa shape index (κ2) is 5.39. The smallest absolute Gasteiger partial charge is 0.224 e. The van der Waals surface area contributed by atoms with Gasteiger partial charge in [0.15, 0.2) is 0 Å². The average molecular weight is 207 g/mol. The van der Waals surface area contributed by atoms with Crippen LogP contribution in [0.3, 0.4) is 0 Å². The SMILES string of the molecule is CC(C)CNC(=O)Cc1ccc(O)cc1. The molecule has 0 spiro atoms. The number of carbonyl (C=O) groups excluding carboxylic acids is 1. The van der Waals surface area contributed by atoms with Crippen LogP contribution in [0, 0.1) is 5.92 Å². The first-order valence-corrected chi connectivity index (χ1v) is 5.12. The number of amides is 1. The van der Waals surface area contributed by atoms with Gasteiger partial charge in [-0.25, -0.2) is 0 Å². The quantitative estimate of drug-likeness (QED) is 0.789. The van der Waals surface area contributed by atoms with Gasteiger partial charge in [-0.15, -0.1) is 0 Å². The third kappa shape index (κ3) is 4.49. The Hall–Kier alpha value is -1.51. The minimum absolute atomic E-state index is 0.0226. The standard InChI is InChI=1S/C12H17NO2/c1-9(2)8-13-12(15)7-10-3-5-11(14)6-4-10/h3-6,9,14H,7-8H2,1-2H3,(H,13,15). The molecule has 0 unspecified atom stereocenters. The Morgan fingerprint density at radius 3 is 2.47 bits per heavy atom. The van der Waals surface area contributed by atoms with Crippen molar-refractivity contribution in [2.24, 2.45) is 5.92 Å². The molecule has 3 nitrogen and oxygen atoms in total. The molecule has 3 heteroatoms. The number of aromatic hydroxyl groups is 1. The van der Waals surface area contributed by atoms with Gasteiger partial charge in [0, 0.05) is 6.54 Å². The fourth-order valence-corrected chi connectivity index (χ4v) is 1.18. The Labute approximate surface area is 90.1 Å². The first-order chi connectivity index (χ1) is 7.08. The predicted octanol–water partition coefficient (Wildman–Crippen LogP) is 1.71. The molecule has 0 fully saturated rings. The van der Waals surface area contributed by atoms with Crippen molar-refractivity contribution in [1.29, 1.82) is 0 Å². The second-order valence-electron chi connectivity index (χ2n) is 4.04. The maximum absolute atomic E-state index is 11.4. The molecule has 1 aromatic carbocycles. The van der Waals surface area contributed by atoms with Crippen molar-refractivity contribution in [2.75, 3.05) is 6.54 Å². The van der Waals surface area contributed by atoms with Crippen LogP contribution < -0.4 is 5.32 Å². The van der Waals surface area contributed by atoms with Crippen LogP contribution in [0.25, 0.3) is 0 Å². The van der Waals surface area contributed by atoms with E-state index in [1.165, 1.54) is 0 Å². The largest absolute Gasteiger partial charge is 0.508 e. The van der Waals surface area contributed by atoms with E-state index in [0.29, 0.717) is 18.9 Å². The van der Waals surface area contributed by atoms with Crippen LogP contribution in [0.4, 0.5) is 0 Å². The van der Waals surface area contributed by atoms with Crippen LogP contribution in [0.1, 0.15) is 19.4 Å². The van der Waals surface area contributed by atoms with Crippen molar-refractivity contribution >= 4 is 5.91 Å². The number of rotatable bonds is 4. The van der Waals surface area contributed by atoms with Crippen molar-refractivity contribution in [3.63, 3.8) is 0 Å². The minimum atomic E-state index is 0.0226. The molecule has 1 amide bonds. The molecule has 0 saturated heterocycles. The fourth-order valence-electron chi connectivity index (χ4n) is 1.18. The summed E-state index contributed by atoms with van der Waals surface area (Å²) in [6, 6.07) is 6.69. The lowest BCUT2D eigenvalue weighted by Gasteiger charge is -2.07. The second-order valence-corrected chi connectivity index (χ2v) is 4.04. The summed E-state index contributed by atoms with van der Waals surface area (Å²) in [6.07, 6.45) is 0.368. The normalized spacial score (nSPS) is 10.3. The van der Waals surface area contributed by atoms with E-state index >= 15 is 0 Å². The fraction of sp³-hybridized carbons (Fsp3) is 0.417. The van der Waals surface area contributed by atoms with Crippen LogP contribution in [0.2, 0.25) is 0 Å². The highest BCUT2D eigenvalue weighted by atomic mass is 16.3. The third-order valence-corrected chi connectivity index (χ3v) is 2.01. The molecule has 0 aliphatic rings. The van der Waals surface area contributed by atoms with E-state index in [2.05, 4.69) is 19.2 Å². The molecule has 0 bridgehead atoms. The van der Waals surface area contributed by atoms with Gasteiger partial charge in [0.25, 0.3) is 0 Å². The van der Waals surface area contributed by atoms with E-state index in [4.69, 9.17) is 5.11 Å². The molecule has 1 rings (SSSR count). The van der Waals surface area contributed by atoms with E-state index in [1.54, 1.807) is 24.3 Å². The van der Waals surface area contributed by atoms with Crippen molar-refractivity contribution in [2.45, 2.75) is 20.3 Å². The van der Waals surface area contributed by atoms with Crippen LogP contribution in [0.5, 0.6) is 5.75 Å². The lowest BCUT2D eigenvalue weighted by Crippen LogP contribution is -2.28. The maximum Gasteiger partial charge on any atom is 0.224 e. The van der Waals surface area contributed by atoms with Gasteiger partial charge in [-0.2, -0.15) is 0 Å². The third-order valence-electron chi connectivity index (χ3n) is 2.01. The van der Waals surface area contributed by atoms with Gasteiger partial charge >= 0.3 is 0 Å². The molecule has 0 radical (unpaired) electrons. The molecule has 0 heterocycles. The first kappa shape index (κ1) is 11.6. The molecule has 82 valence electrons.